The van der Waals surface area contributed by atoms with Gasteiger partial charge in [0.05, 0.1) is 14.2 Å². The molecule has 1 fully saturated rings. The first-order valence-corrected chi connectivity index (χ1v) is 7.90. The van der Waals surface area contributed by atoms with Crippen LogP contribution in [0.4, 0.5) is 0 Å². The van der Waals surface area contributed by atoms with Gasteiger partial charge in [0, 0.05) is 11.1 Å². The average molecular weight is 307 g/mol. The summed E-state index contributed by atoms with van der Waals surface area (Å²) >= 11 is 0. The van der Waals surface area contributed by atoms with Gasteiger partial charge in [-0.05, 0) is 76.6 Å². The molecule has 0 bridgehead atoms. The van der Waals surface area contributed by atoms with Crippen molar-refractivity contribution < 1.29 is 14.7 Å². The first kappa shape index (κ1) is 17.1. The van der Waals surface area contributed by atoms with Crippen LogP contribution in [-0.4, -0.2) is 35.6 Å². The van der Waals surface area contributed by atoms with Crippen molar-refractivity contribution in [3.8, 4) is 11.5 Å². The molecule has 0 unspecified atom stereocenters. The maximum Gasteiger partial charge on any atom is 0.122 e. The number of piperidine rings is 1. The molecule has 2 rings (SSSR count). The third-order valence-corrected chi connectivity index (χ3v) is 4.72. The van der Waals surface area contributed by atoms with Gasteiger partial charge in [0.15, 0.2) is 0 Å². The molecule has 0 spiro atoms. The van der Waals surface area contributed by atoms with E-state index in [9.17, 15) is 5.21 Å². The maximum atomic E-state index is 10.4. The van der Waals surface area contributed by atoms with Crippen LogP contribution in [-0.2, 0) is 6.42 Å². The van der Waals surface area contributed by atoms with Gasteiger partial charge in [-0.2, -0.15) is 5.06 Å². The van der Waals surface area contributed by atoms with Gasteiger partial charge in [0.25, 0.3) is 0 Å². The van der Waals surface area contributed by atoms with Crippen LogP contribution in [0.2, 0.25) is 0 Å². The first-order valence-electron chi connectivity index (χ1n) is 7.90. The summed E-state index contributed by atoms with van der Waals surface area (Å²) in [5.74, 6) is 2.26. The third kappa shape index (κ3) is 3.39. The number of ether oxygens (including phenoxy) is 2. The van der Waals surface area contributed by atoms with E-state index >= 15 is 0 Å². The summed E-state index contributed by atoms with van der Waals surface area (Å²) in [5.41, 5.74) is 0.724. The molecule has 22 heavy (non-hydrogen) atoms. The molecule has 4 heteroatoms. The third-order valence-electron chi connectivity index (χ3n) is 4.72. The molecule has 1 N–H and O–H groups in total. The number of hydrogen-bond donors (Lipinski definition) is 1. The smallest absolute Gasteiger partial charge is 0.122 e. The zero-order valence-corrected chi connectivity index (χ0v) is 14.6. The molecular formula is C18H29NO3. The monoisotopic (exact) mass is 307 g/mol. The lowest BCUT2D eigenvalue weighted by atomic mass is 9.73. The molecular weight excluding hydrogens is 278 g/mol. The molecule has 0 aliphatic carbocycles. The fourth-order valence-corrected chi connectivity index (χ4v) is 3.97. The average Bonchev–Trinajstić information content (AvgIpc) is 2.44. The lowest BCUT2D eigenvalue weighted by molar-refractivity contribution is -0.250. The Morgan fingerprint density at radius 2 is 1.68 bits per heavy atom. The molecule has 1 heterocycles. The van der Waals surface area contributed by atoms with E-state index in [4.69, 9.17) is 9.47 Å². The van der Waals surface area contributed by atoms with E-state index in [1.807, 2.05) is 12.1 Å². The van der Waals surface area contributed by atoms with Crippen LogP contribution in [0.5, 0.6) is 11.5 Å². The van der Waals surface area contributed by atoms with Gasteiger partial charge in [-0.3, -0.25) is 0 Å². The minimum absolute atomic E-state index is 0.224. The Hall–Kier alpha value is -1.26. The summed E-state index contributed by atoms with van der Waals surface area (Å²) in [6, 6.07) is 5.95. The predicted octanol–water partition coefficient (Wildman–Crippen LogP) is 3.90. The summed E-state index contributed by atoms with van der Waals surface area (Å²) in [7, 11) is 3.39. The number of nitrogens with zero attached hydrogens (tertiary/aromatic N) is 1. The van der Waals surface area contributed by atoms with Crippen molar-refractivity contribution in [1.82, 2.24) is 5.06 Å². The number of benzene rings is 1. The van der Waals surface area contributed by atoms with Crippen LogP contribution in [0.3, 0.4) is 0 Å². The van der Waals surface area contributed by atoms with E-state index in [-0.39, 0.29) is 11.1 Å². The molecule has 0 amide bonds. The highest BCUT2D eigenvalue weighted by molar-refractivity contribution is 5.40. The normalized spacial score (nSPS) is 21.6. The zero-order chi connectivity index (χ0) is 16.5. The van der Waals surface area contributed by atoms with Crippen LogP contribution < -0.4 is 9.47 Å². The van der Waals surface area contributed by atoms with Crippen molar-refractivity contribution in [3.63, 3.8) is 0 Å². The van der Waals surface area contributed by atoms with Crippen LogP contribution >= 0.6 is 0 Å². The summed E-state index contributed by atoms with van der Waals surface area (Å²) < 4.78 is 10.8. The van der Waals surface area contributed by atoms with Gasteiger partial charge in [-0.15, -0.1) is 0 Å². The molecule has 124 valence electrons. The highest BCUT2D eigenvalue weighted by Crippen LogP contribution is 2.42. The summed E-state index contributed by atoms with van der Waals surface area (Å²) in [6.07, 6.45) is 2.83. The standard InChI is InChI=1S/C18H29NO3/c1-17(2)11-13(12-18(3,4)19(17)20)9-14-10-15(21-5)7-8-16(14)22-6/h7-8,10,13,20H,9,11-12H2,1-6H3. The van der Waals surface area contributed by atoms with E-state index in [2.05, 4.69) is 33.8 Å². The van der Waals surface area contributed by atoms with E-state index in [0.29, 0.717) is 5.92 Å². The summed E-state index contributed by atoms with van der Waals surface area (Å²) in [5, 5.41) is 11.9. The Morgan fingerprint density at radius 1 is 1.09 bits per heavy atom. The Kier molecular flexibility index (Phi) is 4.73. The van der Waals surface area contributed by atoms with Crippen LogP contribution in [0.15, 0.2) is 18.2 Å². The molecule has 0 aromatic heterocycles. The summed E-state index contributed by atoms with van der Waals surface area (Å²) in [4.78, 5) is 0. The second-order valence-corrected chi connectivity index (χ2v) is 7.59. The van der Waals surface area contributed by atoms with Crippen LogP contribution in [0.25, 0.3) is 0 Å². The summed E-state index contributed by atoms with van der Waals surface area (Å²) in [6.45, 7) is 8.40. The van der Waals surface area contributed by atoms with E-state index in [1.54, 1.807) is 14.2 Å². The minimum atomic E-state index is -0.224. The van der Waals surface area contributed by atoms with Crippen molar-refractivity contribution in [2.75, 3.05) is 14.2 Å². The molecule has 1 aromatic rings. The van der Waals surface area contributed by atoms with Crippen molar-refractivity contribution in [2.24, 2.45) is 5.92 Å². The van der Waals surface area contributed by atoms with Crippen molar-refractivity contribution in [2.45, 2.75) is 58.0 Å². The van der Waals surface area contributed by atoms with E-state index in [1.165, 1.54) is 10.6 Å². The number of rotatable bonds is 4. The first-order chi connectivity index (χ1) is 10.2. The van der Waals surface area contributed by atoms with Gasteiger partial charge < -0.3 is 14.7 Å². The Morgan fingerprint density at radius 3 is 2.18 bits per heavy atom. The van der Waals surface area contributed by atoms with E-state index in [0.717, 1.165) is 30.8 Å². The molecule has 0 saturated carbocycles. The molecule has 1 aliphatic heterocycles. The lowest BCUT2D eigenvalue weighted by Gasteiger charge is -2.51. The molecule has 1 saturated heterocycles. The van der Waals surface area contributed by atoms with Gasteiger partial charge in [-0.25, -0.2) is 0 Å². The highest BCUT2D eigenvalue weighted by atomic mass is 16.5. The van der Waals surface area contributed by atoms with Crippen molar-refractivity contribution >= 4 is 0 Å². The van der Waals surface area contributed by atoms with Crippen LogP contribution in [0.1, 0.15) is 46.1 Å². The lowest BCUT2D eigenvalue weighted by Crippen LogP contribution is -2.59. The van der Waals surface area contributed by atoms with E-state index < -0.39 is 0 Å². The van der Waals surface area contributed by atoms with Crippen molar-refractivity contribution in [1.29, 1.82) is 0 Å². The Bertz CT molecular complexity index is 507. The Labute approximate surface area is 134 Å². The second-order valence-electron chi connectivity index (χ2n) is 7.59. The maximum absolute atomic E-state index is 10.4. The second kappa shape index (κ2) is 6.09. The number of hydroxylamine groups is 2. The SMILES string of the molecule is COc1ccc(OC)c(CC2CC(C)(C)N(O)C(C)(C)C2)c1. The zero-order valence-electron chi connectivity index (χ0n) is 14.6. The largest absolute Gasteiger partial charge is 0.497 e. The van der Waals surface area contributed by atoms with Crippen LogP contribution in [0, 0.1) is 5.92 Å². The fraction of sp³-hybridized carbons (Fsp3) is 0.667. The quantitative estimate of drug-likeness (QED) is 0.916. The predicted molar refractivity (Wildman–Crippen MR) is 87.8 cm³/mol. The highest BCUT2D eigenvalue weighted by Gasteiger charge is 2.44. The Balaban J connectivity index is 2.23. The molecule has 1 aliphatic rings. The fourth-order valence-electron chi connectivity index (χ4n) is 3.97. The molecule has 0 atom stereocenters. The topological polar surface area (TPSA) is 41.9 Å². The molecule has 0 radical (unpaired) electrons. The van der Waals surface area contributed by atoms with Crippen molar-refractivity contribution in [3.05, 3.63) is 23.8 Å². The molecule has 1 aromatic carbocycles. The van der Waals surface area contributed by atoms with Gasteiger partial charge >= 0.3 is 0 Å². The van der Waals surface area contributed by atoms with Gasteiger partial charge in [0.1, 0.15) is 11.5 Å². The minimum Gasteiger partial charge on any atom is -0.497 e. The number of hydrogen-bond acceptors (Lipinski definition) is 4. The van der Waals surface area contributed by atoms with Gasteiger partial charge in [-0.1, -0.05) is 0 Å². The van der Waals surface area contributed by atoms with Gasteiger partial charge in [0.2, 0.25) is 0 Å². The number of methoxy groups -OCH3 is 2. The molecule has 4 nitrogen and oxygen atoms in total.